The predicted octanol–water partition coefficient (Wildman–Crippen LogP) is 5.85. The highest BCUT2D eigenvalue weighted by Crippen LogP contribution is 2.32. The van der Waals surface area contributed by atoms with Gasteiger partial charge in [-0.1, -0.05) is 51.1 Å². The summed E-state index contributed by atoms with van der Waals surface area (Å²) in [4.78, 5) is 29.6. The summed E-state index contributed by atoms with van der Waals surface area (Å²) in [6.07, 6.45) is 1.02. The van der Waals surface area contributed by atoms with Gasteiger partial charge in [0.05, 0.1) is 6.04 Å². The van der Waals surface area contributed by atoms with Crippen LogP contribution in [0, 0.1) is 5.41 Å². The van der Waals surface area contributed by atoms with Crippen LogP contribution < -0.4 is 10.2 Å². The van der Waals surface area contributed by atoms with Gasteiger partial charge in [0.2, 0.25) is 11.8 Å². The van der Waals surface area contributed by atoms with Gasteiger partial charge in [-0.15, -0.1) is 11.6 Å². The van der Waals surface area contributed by atoms with E-state index in [4.69, 9.17) is 11.6 Å². The second kappa shape index (κ2) is 11.4. The van der Waals surface area contributed by atoms with E-state index in [-0.39, 0.29) is 17.9 Å². The number of alkyl halides is 1. The zero-order valence-electron chi connectivity index (χ0n) is 20.1. The van der Waals surface area contributed by atoms with Crippen LogP contribution in [0.25, 0.3) is 0 Å². The van der Waals surface area contributed by atoms with E-state index in [1.165, 1.54) is 0 Å². The number of benzene rings is 2. The molecule has 174 valence electrons. The molecular formula is C26H36ClN3O2. The SMILES string of the molecule is C[C@H](c1ccccc1)N(Cc1cc(NC(=O)CCCCl)ccc1N(C)C)C(=O)C(C)(C)C. The molecule has 0 heterocycles. The van der Waals surface area contributed by atoms with Crippen LogP contribution in [0.3, 0.4) is 0 Å². The molecule has 0 aliphatic heterocycles. The summed E-state index contributed by atoms with van der Waals surface area (Å²) < 4.78 is 0. The summed E-state index contributed by atoms with van der Waals surface area (Å²) in [6, 6.07) is 15.8. The summed E-state index contributed by atoms with van der Waals surface area (Å²) in [5.41, 5.74) is 3.28. The number of halogens is 1. The number of nitrogens with one attached hydrogen (secondary N) is 1. The first kappa shape index (κ1) is 25.7. The molecule has 1 atom stereocenters. The number of hydrogen-bond acceptors (Lipinski definition) is 3. The molecule has 2 aromatic rings. The van der Waals surface area contributed by atoms with Gasteiger partial charge in [-0.3, -0.25) is 9.59 Å². The molecule has 0 saturated carbocycles. The number of amides is 2. The van der Waals surface area contributed by atoms with E-state index in [1.807, 2.05) is 93.2 Å². The fourth-order valence-corrected chi connectivity index (χ4v) is 3.72. The smallest absolute Gasteiger partial charge is 0.228 e. The lowest BCUT2D eigenvalue weighted by Gasteiger charge is -2.35. The van der Waals surface area contributed by atoms with Gasteiger partial charge in [0.25, 0.3) is 0 Å². The van der Waals surface area contributed by atoms with Crippen molar-refractivity contribution in [2.45, 2.75) is 53.1 Å². The van der Waals surface area contributed by atoms with Crippen molar-refractivity contribution < 1.29 is 9.59 Å². The van der Waals surface area contributed by atoms with Gasteiger partial charge in [0.1, 0.15) is 0 Å². The van der Waals surface area contributed by atoms with E-state index in [0.29, 0.717) is 25.3 Å². The molecule has 0 aliphatic carbocycles. The Morgan fingerprint density at radius 1 is 1.06 bits per heavy atom. The van der Waals surface area contributed by atoms with Crippen LogP contribution >= 0.6 is 11.6 Å². The third-order valence-corrected chi connectivity index (χ3v) is 5.64. The molecule has 0 bridgehead atoms. The average molecular weight is 458 g/mol. The van der Waals surface area contributed by atoms with Crippen LogP contribution in [0.1, 0.15) is 57.7 Å². The van der Waals surface area contributed by atoms with Gasteiger partial charge < -0.3 is 15.1 Å². The molecule has 0 unspecified atom stereocenters. The molecule has 0 aromatic heterocycles. The average Bonchev–Trinajstić information content (AvgIpc) is 2.75. The van der Waals surface area contributed by atoms with Crippen LogP contribution in [0.15, 0.2) is 48.5 Å². The molecule has 0 fully saturated rings. The molecule has 5 nitrogen and oxygen atoms in total. The molecule has 2 aromatic carbocycles. The summed E-state index contributed by atoms with van der Waals surface area (Å²) in [5.74, 6) is 0.476. The maximum Gasteiger partial charge on any atom is 0.228 e. The zero-order chi connectivity index (χ0) is 23.9. The number of rotatable bonds is 9. The third-order valence-electron chi connectivity index (χ3n) is 5.38. The van der Waals surface area contributed by atoms with Gasteiger partial charge in [-0.2, -0.15) is 0 Å². The highest BCUT2D eigenvalue weighted by Gasteiger charge is 2.31. The molecule has 0 aliphatic rings. The van der Waals surface area contributed by atoms with Crippen molar-refractivity contribution in [3.8, 4) is 0 Å². The largest absolute Gasteiger partial charge is 0.377 e. The third kappa shape index (κ3) is 6.99. The first-order valence-corrected chi connectivity index (χ1v) is 11.6. The first-order valence-electron chi connectivity index (χ1n) is 11.1. The monoisotopic (exact) mass is 457 g/mol. The van der Waals surface area contributed by atoms with E-state index in [1.54, 1.807) is 0 Å². The van der Waals surface area contributed by atoms with Crippen LogP contribution in [0.5, 0.6) is 0 Å². The summed E-state index contributed by atoms with van der Waals surface area (Å²) in [6.45, 7) is 8.33. The topological polar surface area (TPSA) is 52.7 Å². The highest BCUT2D eigenvalue weighted by molar-refractivity contribution is 6.18. The fraction of sp³-hybridized carbons (Fsp3) is 0.462. The van der Waals surface area contributed by atoms with Gasteiger partial charge >= 0.3 is 0 Å². The Bertz CT molecular complexity index is 907. The van der Waals surface area contributed by atoms with Gasteiger partial charge in [-0.05, 0) is 42.7 Å². The van der Waals surface area contributed by atoms with Gasteiger partial charge in [-0.25, -0.2) is 0 Å². The zero-order valence-corrected chi connectivity index (χ0v) is 20.9. The number of hydrogen-bond donors (Lipinski definition) is 1. The van der Waals surface area contributed by atoms with Crippen molar-refractivity contribution in [3.05, 3.63) is 59.7 Å². The van der Waals surface area contributed by atoms with Crippen molar-refractivity contribution in [1.29, 1.82) is 0 Å². The lowest BCUT2D eigenvalue weighted by Crippen LogP contribution is -2.40. The Morgan fingerprint density at radius 2 is 1.72 bits per heavy atom. The standard InChI is InChI=1S/C26H36ClN3O2/c1-19(20-11-8-7-9-12-20)30(25(32)26(2,3)4)18-21-17-22(14-15-23(21)29(5)6)28-24(31)13-10-16-27/h7-9,11-12,14-15,17,19H,10,13,16,18H2,1-6H3,(H,28,31)/t19-/m1/s1. The van der Waals surface area contributed by atoms with Crippen LogP contribution in [0.4, 0.5) is 11.4 Å². The maximum absolute atomic E-state index is 13.5. The number of carbonyl (C=O) groups excluding carboxylic acids is 2. The summed E-state index contributed by atoms with van der Waals surface area (Å²) in [5, 5.41) is 2.96. The summed E-state index contributed by atoms with van der Waals surface area (Å²) in [7, 11) is 3.96. The van der Waals surface area contributed by atoms with E-state index in [9.17, 15) is 9.59 Å². The van der Waals surface area contributed by atoms with Gasteiger partial charge in [0, 0.05) is 49.7 Å². The number of carbonyl (C=O) groups is 2. The minimum absolute atomic E-state index is 0.0607. The first-order chi connectivity index (χ1) is 15.0. The number of anilines is 2. The van der Waals surface area contributed by atoms with Crippen molar-refractivity contribution >= 4 is 34.8 Å². The Hall–Kier alpha value is -2.53. The van der Waals surface area contributed by atoms with Crippen molar-refractivity contribution in [1.82, 2.24) is 4.90 Å². The maximum atomic E-state index is 13.5. The Balaban J connectivity index is 2.42. The van der Waals surface area contributed by atoms with Crippen molar-refractivity contribution in [3.63, 3.8) is 0 Å². The van der Waals surface area contributed by atoms with Gasteiger partial charge in [0.15, 0.2) is 0 Å². The summed E-state index contributed by atoms with van der Waals surface area (Å²) >= 11 is 5.71. The highest BCUT2D eigenvalue weighted by atomic mass is 35.5. The molecule has 2 rings (SSSR count). The molecule has 32 heavy (non-hydrogen) atoms. The molecule has 6 heteroatoms. The molecule has 0 radical (unpaired) electrons. The van der Waals surface area contributed by atoms with E-state index in [2.05, 4.69) is 12.2 Å². The van der Waals surface area contributed by atoms with Crippen molar-refractivity contribution in [2.75, 3.05) is 30.2 Å². The van der Waals surface area contributed by atoms with E-state index < -0.39 is 5.41 Å². The fourth-order valence-electron chi connectivity index (χ4n) is 3.59. The minimum Gasteiger partial charge on any atom is -0.377 e. The molecule has 2 amide bonds. The predicted molar refractivity (Wildman–Crippen MR) is 134 cm³/mol. The van der Waals surface area contributed by atoms with Crippen LogP contribution in [-0.4, -0.2) is 36.7 Å². The normalized spacial score (nSPS) is 12.2. The molecule has 0 spiro atoms. The Kier molecular flexibility index (Phi) is 9.14. The lowest BCUT2D eigenvalue weighted by molar-refractivity contribution is -0.142. The van der Waals surface area contributed by atoms with Crippen LogP contribution in [0.2, 0.25) is 0 Å². The molecule has 1 N–H and O–H groups in total. The quantitative estimate of drug-likeness (QED) is 0.481. The van der Waals surface area contributed by atoms with E-state index >= 15 is 0 Å². The van der Waals surface area contributed by atoms with Crippen molar-refractivity contribution in [2.24, 2.45) is 5.41 Å². The second-order valence-electron chi connectivity index (χ2n) is 9.35. The Morgan fingerprint density at radius 3 is 2.28 bits per heavy atom. The van der Waals surface area contributed by atoms with E-state index in [0.717, 1.165) is 22.5 Å². The second-order valence-corrected chi connectivity index (χ2v) is 9.73. The van der Waals surface area contributed by atoms with Crippen LogP contribution in [-0.2, 0) is 16.1 Å². The molecule has 0 saturated heterocycles. The lowest BCUT2D eigenvalue weighted by atomic mass is 9.92. The number of nitrogens with zero attached hydrogens (tertiary/aromatic N) is 2. The Labute approximate surface area is 197 Å². The molecular weight excluding hydrogens is 422 g/mol. The minimum atomic E-state index is -0.519.